The lowest BCUT2D eigenvalue weighted by molar-refractivity contribution is -0.136. The van der Waals surface area contributed by atoms with E-state index < -0.39 is 6.04 Å². The molecule has 1 N–H and O–H groups in total. The van der Waals surface area contributed by atoms with E-state index in [1.807, 2.05) is 0 Å². The minimum atomic E-state index is -0.514. The van der Waals surface area contributed by atoms with Crippen LogP contribution in [0.4, 0.5) is 0 Å². The minimum Gasteiger partial charge on any atom is -0.359 e. The van der Waals surface area contributed by atoms with Crippen LogP contribution in [0.1, 0.15) is 39.0 Å². The van der Waals surface area contributed by atoms with Crippen molar-refractivity contribution in [3.05, 3.63) is 0 Å². The van der Waals surface area contributed by atoms with E-state index in [1.54, 1.807) is 11.8 Å². The molecule has 1 unspecified atom stereocenters. The number of rotatable bonds is 1. The van der Waals surface area contributed by atoms with Crippen LogP contribution < -0.4 is 5.32 Å². The number of imide groups is 1. The molecule has 1 spiro atoms. The van der Waals surface area contributed by atoms with E-state index in [2.05, 4.69) is 17.2 Å². The maximum Gasteiger partial charge on any atom is 0.254 e. The molecule has 110 valence electrons. The number of nitrogens with zero attached hydrogens (tertiary/aromatic N) is 2. The van der Waals surface area contributed by atoms with Crippen molar-refractivity contribution in [2.24, 2.45) is 10.9 Å². The van der Waals surface area contributed by atoms with E-state index in [1.165, 1.54) is 37.6 Å². The van der Waals surface area contributed by atoms with Crippen LogP contribution in [-0.4, -0.2) is 46.3 Å². The summed E-state index contributed by atoms with van der Waals surface area (Å²) in [6.07, 6.45) is 5.08. The fraction of sp³-hybridized carbons (Fsp3) is 0.786. The van der Waals surface area contributed by atoms with Crippen molar-refractivity contribution in [2.45, 2.75) is 50.6 Å². The largest absolute Gasteiger partial charge is 0.359 e. The van der Waals surface area contributed by atoms with Gasteiger partial charge < -0.3 is 5.32 Å². The SMILES string of the molecule is CC1CCC2(CC1)CSC(=NC1CC(=O)N(C)C1=O)N2. The number of aliphatic imine (C=N–C) groups is 1. The third-order valence-corrected chi connectivity index (χ3v) is 5.90. The van der Waals surface area contributed by atoms with Crippen LogP contribution in [0.5, 0.6) is 0 Å². The molecule has 3 fully saturated rings. The molecular formula is C14H21N3O2S. The molecule has 6 heteroatoms. The van der Waals surface area contributed by atoms with Gasteiger partial charge in [0, 0.05) is 18.3 Å². The molecule has 2 amide bonds. The van der Waals surface area contributed by atoms with Gasteiger partial charge >= 0.3 is 0 Å². The molecule has 0 aromatic carbocycles. The molecule has 3 aliphatic rings. The first-order valence-corrected chi connectivity index (χ1v) is 8.27. The molecule has 1 atom stereocenters. The highest BCUT2D eigenvalue weighted by Crippen LogP contribution is 2.38. The van der Waals surface area contributed by atoms with Gasteiger partial charge in [-0.1, -0.05) is 18.7 Å². The topological polar surface area (TPSA) is 61.8 Å². The Labute approximate surface area is 123 Å². The van der Waals surface area contributed by atoms with Gasteiger partial charge in [0.15, 0.2) is 5.17 Å². The second-order valence-corrected chi connectivity index (χ2v) is 7.29. The Hall–Kier alpha value is -1.04. The molecule has 2 heterocycles. The highest BCUT2D eigenvalue weighted by molar-refractivity contribution is 8.14. The van der Waals surface area contributed by atoms with Crippen molar-refractivity contribution < 1.29 is 9.59 Å². The van der Waals surface area contributed by atoms with E-state index >= 15 is 0 Å². The van der Waals surface area contributed by atoms with Crippen molar-refractivity contribution in [1.29, 1.82) is 0 Å². The monoisotopic (exact) mass is 295 g/mol. The van der Waals surface area contributed by atoms with Crippen LogP contribution in [-0.2, 0) is 9.59 Å². The van der Waals surface area contributed by atoms with Crippen molar-refractivity contribution in [3.63, 3.8) is 0 Å². The molecule has 1 saturated carbocycles. The summed E-state index contributed by atoms with van der Waals surface area (Å²) in [4.78, 5) is 29.1. The fourth-order valence-electron chi connectivity index (χ4n) is 3.14. The maximum absolute atomic E-state index is 11.9. The lowest BCUT2D eigenvalue weighted by Gasteiger charge is -2.35. The molecule has 1 aliphatic carbocycles. The van der Waals surface area contributed by atoms with Crippen molar-refractivity contribution >= 4 is 28.7 Å². The molecule has 3 rings (SSSR count). The van der Waals surface area contributed by atoms with E-state index in [9.17, 15) is 9.59 Å². The van der Waals surface area contributed by atoms with E-state index in [0.29, 0.717) is 0 Å². The summed E-state index contributed by atoms with van der Waals surface area (Å²) in [6, 6.07) is -0.514. The summed E-state index contributed by atoms with van der Waals surface area (Å²) < 4.78 is 0. The van der Waals surface area contributed by atoms with Gasteiger partial charge in [0.1, 0.15) is 6.04 Å². The van der Waals surface area contributed by atoms with Gasteiger partial charge in [-0.05, 0) is 31.6 Å². The zero-order valence-electron chi connectivity index (χ0n) is 12.0. The number of amidine groups is 1. The van der Waals surface area contributed by atoms with Gasteiger partial charge in [0.05, 0.1) is 6.42 Å². The number of carbonyl (C=O) groups excluding carboxylic acids is 2. The zero-order chi connectivity index (χ0) is 14.3. The van der Waals surface area contributed by atoms with Gasteiger partial charge in [-0.3, -0.25) is 14.5 Å². The molecule has 0 aromatic heterocycles. The van der Waals surface area contributed by atoms with E-state index in [-0.39, 0.29) is 23.8 Å². The number of likely N-dealkylation sites (tertiary alicyclic amines) is 1. The molecule has 0 aromatic rings. The third kappa shape index (κ3) is 2.45. The number of amides is 2. The number of thioether (sulfide) groups is 1. The Balaban J connectivity index is 1.67. The molecule has 0 radical (unpaired) electrons. The first kappa shape index (κ1) is 13.9. The predicted molar refractivity (Wildman–Crippen MR) is 79.6 cm³/mol. The number of nitrogens with one attached hydrogen (secondary N) is 1. The van der Waals surface area contributed by atoms with E-state index in [0.717, 1.165) is 16.8 Å². The first-order chi connectivity index (χ1) is 9.49. The smallest absolute Gasteiger partial charge is 0.254 e. The molecular weight excluding hydrogens is 274 g/mol. The molecule has 5 nitrogen and oxygen atoms in total. The first-order valence-electron chi connectivity index (χ1n) is 7.28. The highest BCUT2D eigenvalue weighted by atomic mass is 32.2. The third-order valence-electron chi connectivity index (χ3n) is 4.72. The molecule has 2 aliphatic heterocycles. The Bertz CT molecular complexity index is 469. The normalized spacial score (nSPS) is 39.9. The minimum absolute atomic E-state index is 0.131. The summed E-state index contributed by atoms with van der Waals surface area (Å²) in [7, 11) is 1.53. The van der Waals surface area contributed by atoms with Crippen LogP contribution in [0.25, 0.3) is 0 Å². The summed E-state index contributed by atoms with van der Waals surface area (Å²) in [5.74, 6) is 1.54. The van der Waals surface area contributed by atoms with Crippen LogP contribution in [0, 0.1) is 5.92 Å². The maximum atomic E-state index is 11.9. The van der Waals surface area contributed by atoms with Gasteiger partial charge in [0.25, 0.3) is 5.91 Å². The lowest BCUT2D eigenvalue weighted by Crippen LogP contribution is -2.46. The van der Waals surface area contributed by atoms with Gasteiger partial charge in [-0.2, -0.15) is 0 Å². The Kier molecular flexibility index (Phi) is 3.52. The highest BCUT2D eigenvalue weighted by Gasteiger charge is 2.41. The summed E-state index contributed by atoms with van der Waals surface area (Å²) in [5, 5.41) is 4.38. The Morgan fingerprint density at radius 3 is 2.65 bits per heavy atom. The summed E-state index contributed by atoms with van der Waals surface area (Å²) >= 11 is 1.70. The average molecular weight is 295 g/mol. The average Bonchev–Trinajstić information content (AvgIpc) is 2.92. The quantitative estimate of drug-likeness (QED) is 0.743. The Morgan fingerprint density at radius 1 is 1.35 bits per heavy atom. The number of hydrogen-bond donors (Lipinski definition) is 1. The van der Waals surface area contributed by atoms with E-state index in [4.69, 9.17) is 0 Å². The number of hydrogen-bond acceptors (Lipinski definition) is 4. The predicted octanol–water partition coefficient (Wildman–Crippen LogP) is 1.39. The van der Waals surface area contributed by atoms with Crippen molar-refractivity contribution in [3.8, 4) is 0 Å². The van der Waals surface area contributed by atoms with Gasteiger partial charge in [-0.15, -0.1) is 0 Å². The molecule has 0 bridgehead atoms. The van der Waals surface area contributed by atoms with Gasteiger partial charge in [0.2, 0.25) is 5.91 Å². The lowest BCUT2D eigenvalue weighted by atomic mass is 9.78. The number of carbonyl (C=O) groups is 2. The second-order valence-electron chi connectivity index (χ2n) is 6.32. The summed E-state index contributed by atoms with van der Waals surface area (Å²) in [5.41, 5.74) is 0.174. The van der Waals surface area contributed by atoms with Crippen LogP contribution in [0.15, 0.2) is 4.99 Å². The fourth-order valence-corrected chi connectivity index (χ4v) is 4.40. The Morgan fingerprint density at radius 2 is 2.05 bits per heavy atom. The molecule has 2 saturated heterocycles. The van der Waals surface area contributed by atoms with Gasteiger partial charge in [-0.25, -0.2) is 4.99 Å². The van der Waals surface area contributed by atoms with Crippen molar-refractivity contribution in [1.82, 2.24) is 10.2 Å². The van der Waals surface area contributed by atoms with Crippen LogP contribution in [0.3, 0.4) is 0 Å². The summed E-state index contributed by atoms with van der Waals surface area (Å²) in [6.45, 7) is 2.31. The number of likely N-dealkylation sites (N-methyl/N-ethyl adjacent to an activating group) is 1. The zero-order valence-corrected chi connectivity index (χ0v) is 12.8. The van der Waals surface area contributed by atoms with Crippen LogP contribution in [0.2, 0.25) is 0 Å². The standard InChI is InChI=1S/C14H21N3O2S/c1-9-3-5-14(6-4-9)8-20-13(16-14)15-10-7-11(18)17(2)12(10)19/h9-10H,3-8H2,1-2H3,(H,15,16). The van der Waals surface area contributed by atoms with Crippen molar-refractivity contribution in [2.75, 3.05) is 12.8 Å². The molecule has 20 heavy (non-hydrogen) atoms. The van der Waals surface area contributed by atoms with Crippen LogP contribution >= 0.6 is 11.8 Å². The second kappa shape index (κ2) is 5.06.